The molecule has 3 aromatic rings. The fourth-order valence-corrected chi connectivity index (χ4v) is 3.12. The van der Waals surface area contributed by atoms with Crippen LogP contribution in [0.4, 0.5) is 0 Å². The summed E-state index contributed by atoms with van der Waals surface area (Å²) in [4.78, 5) is 3.46. The van der Waals surface area contributed by atoms with Crippen molar-refractivity contribution in [3.63, 3.8) is 0 Å². The van der Waals surface area contributed by atoms with Gasteiger partial charge in [-0.1, -0.05) is 13.8 Å². The minimum atomic E-state index is 0.674. The smallest absolute Gasteiger partial charge is 0.120 e. The van der Waals surface area contributed by atoms with Crippen molar-refractivity contribution in [2.24, 2.45) is 0 Å². The lowest BCUT2D eigenvalue weighted by atomic mass is 10.1. The van der Waals surface area contributed by atoms with Crippen molar-refractivity contribution in [2.75, 3.05) is 39.4 Å². The maximum absolute atomic E-state index is 5.90. The standard InChI is InChI=1S/C22H31N3O2/c1-3-9-23-11-13-26-17-5-7-21-19(15-17)20-16-18(6-8-22(20)25-21)27-14-12-24-10-4-2/h5-8,15-16,23-25H,3-4,9-14H2,1-2H3. The summed E-state index contributed by atoms with van der Waals surface area (Å²) in [6.07, 6.45) is 2.28. The Bertz CT molecular complexity index is 776. The monoisotopic (exact) mass is 369 g/mol. The first kappa shape index (κ1) is 19.5. The Balaban J connectivity index is 1.68. The van der Waals surface area contributed by atoms with E-state index in [2.05, 4.69) is 53.7 Å². The second kappa shape index (κ2) is 10.2. The van der Waals surface area contributed by atoms with Crippen LogP contribution >= 0.6 is 0 Å². The number of nitrogens with one attached hydrogen (secondary N) is 3. The number of aromatic amines is 1. The van der Waals surface area contributed by atoms with Crippen molar-refractivity contribution in [1.82, 2.24) is 15.6 Å². The van der Waals surface area contributed by atoms with Gasteiger partial charge >= 0.3 is 0 Å². The predicted molar refractivity (Wildman–Crippen MR) is 113 cm³/mol. The number of benzene rings is 2. The van der Waals surface area contributed by atoms with Crippen LogP contribution in [-0.4, -0.2) is 44.4 Å². The largest absolute Gasteiger partial charge is 0.492 e. The van der Waals surface area contributed by atoms with E-state index in [0.29, 0.717) is 13.2 Å². The molecule has 5 heteroatoms. The van der Waals surface area contributed by atoms with Gasteiger partial charge in [0.05, 0.1) is 0 Å². The minimum Gasteiger partial charge on any atom is -0.492 e. The molecule has 5 nitrogen and oxygen atoms in total. The van der Waals surface area contributed by atoms with Crippen LogP contribution in [-0.2, 0) is 0 Å². The zero-order valence-corrected chi connectivity index (χ0v) is 16.4. The highest BCUT2D eigenvalue weighted by molar-refractivity contribution is 6.08. The number of aromatic nitrogens is 1. The summed E-state index contributed by atoms with van der Waals surface area (Å²) in [5.41, 5.74) is 2.23. The third kappa shape index (κ3) is 5.37. The second-order valence-corrected chi connectivity index (χ2v) is 6.74. The van der Waals surface area contributed by atoms with Gasteiger partial charge in [0.15, 0.2) is 0 Å². The van der Waals surface area contributed by atoms with Crippen molar-refractivity contribution in [1.29, 1.82) is 0 Å². The Labute approximate surface area is 161 Å². The molecule has 0 aliphatic heterocycles. The van der Waals surface area contributed by atoms with E-state index in [-0.39, 0.29) is 0 Å². The van der Waals surface area contributed by atoms with Crippen LogP contribution < -0.4 is 20.1 Å². The van der Waals surface area contributed by atoms with Crippen molar-refractivity contribution in [2.45, 2.75) is 26.7 Å². The van der Waals surface area contributed by atoms with Gasteiger partial charge in [-0.3, -0.25) is 0 Å². The molecule has 0 aliphatic carbocycles. The summed E-state index contributed by atoms with van der Waals surface area (Å²) in [6.45, 7) is 9.47. The van der Waals surface area contributed by atoms with Gasteiger partial charge in [0.25, 0.3) is 0 Å². The molecular weight excluding hydrogens is 338 g/mol. The highest BCUT2D eigenvalue weighted by Gasteiger charge is 2.07. The normalized spacial score (nSPS) is 11.3. The van der Waals surface area contributed by atoms with Gasteiger partial charge in [0, 0.05) is 34.9 Å². The molecule has 0 saturated heterocycles. The zero-order chi connectivity index (χ0) is 18.9. The van der Waals surface area contributed by atoms with Gasteiger partial charge in [0.1, 0.15) is 24.7 Å². The molecule has 0 spiro atoms. The van der Waals surface area contributed by atoms with Gasteiger partial charge in [0.2, 0.25) is 0 Å². The van der Waals surface area contributed by atoms with Crippen LogP contribution in [0.3, 0.4) is 0 Å². The summed E-state index contributed by atoms with van der Waals surface area (Å²) >= 11 is 0. The Morgan fingerprint density at radius 3 is 1.63 bits per heavy atom. The van der Waals surface area contributed by atoms with E-state index in [9.17, 15) is 0 Å². The number of H-pyrrole nitrogens is 1. The molecule has 1 aromatic heterocycles. The molecule has 0 radical (unpaired) electrons. The van der Waals surface area contributed by atoms with Gasteiger partial charge in [-0.25, -0.2) is 0 Å². The molecule has 0 atom stereocenters. The Hall–Kier alpha value is -2.24. The first-order chi connectivity index (χ1) is 13.3. The maximum Gasteiger partial charge on any atom is 0.120 e. The van der Waals surface area contributed by atoms with E-state index in [1.54, 1.807) is 0 Å². The molecule has 3 N–H and O–H groups in total. The minimum absolute atomic E-state index is 0.674. The first-order valence-corrected chi connectivity index (χ1v) is 10.0. The molecule has 3 rings (SSSR count). The van der Waals surface area contributed by atoms with E-state index in [4.69, 9.17) is 9.47 Å². The van der Waals surface area contributed by atoms with Crippen LogP contribution in [0.15, 0.2) is 36.4 Å². The SMILES string of the molecule is CCCNCCOc1ccc2[nH]c3ccc(OCCNCCC)cc3c2c1. The maximum atomic E-state index is 5.90. The number of fused-ring (bicyclic) bond motifs is 3. The first-order valence-electron chi connectivity index (χ1n) is 10.0. The summed E-state index contributed by atoms with van der Waals surface area (Å²) < 4.78 is 11.8. The third-order valence-electron chi connectivity index (χ3n) is 4.49. The van der Waals surface area contributed by atoms with Crippen LogP contribution in [0.1, 0.15) is 26.7 Å². The lowest BCUT2D eigenvalue weighted by molar-refractivity contribution is 0.314. The molecule has 0 bridgehead atoms. The van der Waals surface area contributed by atoms with E-state index in [1.165, 1.54) is 10.8 Å². The van der Waals surface area contributed by atoms with Crippen molar-refractivity contribution in [3.8, 4) is 11.5 Å². The Kier molecular flexibility index (Phi) is 7.36. The molecule has 27 heavy (non-hydrogen) atoms. The second-order valence-electron chi connectivity index (χ2n) is 6.74. The van der Waals surface area contributed by atoms with Crippen LogP contribution in [0.25, 0.3) is 21.8 Å². The number of rotatable bonds is 12. The lowest BCUT2D eigenvalue weighted by Gasteiger charge is -2.08. The Morgan fingerprint density at radius 1 is 0.704 bits per heavy atom. The highest BCUT2D eigenvalue weighted by Crippen LogP contribution is 2.31. The van der Waals surface area contributed by atoms with Crippen molar-refractivity contribution >= 4 is 21.8 Å². The van der Waals surface area contributed by atoms with Gasteiger partial charge in [-0.15, -0.1) is 0 Å². The van der Waals surface area contributed by atoms with Crippen LogP contribution in [0.2, 0.25) is 0 Å². The van der Waals surface area contributed by atoms with Crippen LogP contribution in [0, 0.1) is 0 Å². The van der Waals surface area contributed by atoms with Crippen molar-refractivity contribution in [3.05, 3.63) is 36.4 Å². The molecule has 146 valence electrons. The molecule has 0 saturated carbocycles. The highest BCUT2D eigenvalue weighted by atomic mass is 16.5. The van der Waals surface area contributed by atoms with E-state index >= 15 is 0 Å². The average Bonchev–Trinajstić information content (AvgIpc) is 3.05. The molecule has 0 amide bonds. The summed E-state index contributed by atoms with van der Waals surface area (Å²) in [5, 5.41) is 9.04. The fraction of sp³-hybridized carbons (Fsp3) is 0.455. The zero-order valence-electron chi connectivity index (χ0n) is 16.4. The van der Waals surface area contributed by atoms with Gasteiger partial charge < -0.3 is 25.1 Å². The molecule has 0 aliphatic rings. The van der Waals surface area contributed by atoms with E-state index < -0.39 is 0 Å². The fourth-order valence-electron chi connectivity index (χ4n) is 3.12. The molecule has 2 aromatic carbocycles. The van der Waals surface area contributed by atoms with Crippen molar-refractivity contribution < 1.29 is 9.47 Å². The quantitative estimate of drug-likeness (QED) is 0.421. The molecular formula is C22H31N3O2. The summed E-state index contributed by atoms with van der Waals surface area (Å²) in [5.74, 6) is 1.80. The van der Waals surface area contributed by atoms with Gasteiger partial charge in [-0.05, 0) is 62.3 Å². The van der Waals surface area contributed by atoms with Gasteiger partial charge in [-0.2, -0.15) is 0 Å². The van der Waals surface area contributed by atoms with Crippen LogP contribution in [0.5, 0.6) is 11.5 Å². The van der Waals surface area contributed by atoms with E-state index in [0.717, 1.165) is 61.6 Å². The lowest BCUT2D eigenvalue weighted by Crippen LogP contribution is -2.21. The number of ether oxygens (including phenoxy) is 2. The predicted octanol–water partition coefficient (Wildman–Crippen LogP) is 4.08. The Morgan fingerprint density at radius 2 is 1.19 bits per heavy atom. The third-order valence-corrected chi connectivity index (χ3v) is 4.49. The summed E-state index contributed by atoms with van der Waals surface area (Å²) in [6, 6.07) is 12.4. The average molecular weight is 370 g/mol. The summed E-state index contributed by atoms with van der Waals surface area (Å²) in [7, 11) is 0. The number of hydrogen-bond donors (Lipinski definition) is 3. The molecule has 0 unspecified atom stereocenters. The molecule has 1 heterocycles. The molecule has 0 fully saturated rings. The topological polar surface area (TPSA) is 58.3 Å². The van der Waals surface area contributed by atoms with E-state index in [1.807, 2.05) is 12.1 Å². The number of hydrogen-bond acceptors (Lipinski definition) is 4.